The molecule has 0 spiro atoms. The van der Waals surface area contributed by atoms with Gasteiger partial charge in [0.15, 0.2) is 0 Å². The Labute approximate surface area is 163 Å². The fraction of sp³-hybridized carbons (Fsp3) is 0.611. The van der Waals surface area contributed by atoms with Crippen LogP contribution in [0.25, 0.3) is 0 Å². The van der Waals surface area contributed by atoms with Crippen molar-refractivity contribution >= 4 is 28.3 Å². The van der Waals surface area contributed by atoms with Gasteiger partial charge in [0.2, 0.25) is 15.9 Å². The Morgan fingerprint density at radius 2 is 1.73 bits per heavy atom. The molecule has 0 atom stereocenters. The zero-order chi connectivity index (χ0) is 18.3. The van der Waals surface area contributed by atoms with Crippen molar-refractivity contribution in [3.8, 4) is 0 Å². The predicted octanol–water partition coefficient (Wildman–Crippen LogP) is 1.93. The molecular formula is C18H30ClN3O3S. The first-order valence-corrected chi connectivity index (χ1v) is 10.4. The zero-order valence-electron chi connectivity index (χ0n) is 15.5. The second-order valence-corrected chi connectivity index (χ2v) is 8.47. The highest BCUT2D eigenvalue weighted by atomic mass is 35.5. The molecule has 8 heteroatoms. The van der Waals surface area contributed by atoms with Crippen LogP contribution in [-0.2, 0) is 14.8 Å². The van der Waals surface area contributed by atoms with Crippen molar-refractivity contribution in [3.05, 3.63) is 29.8 Å². The largest absolute Gasteiger partial charge is 0.355 e. The molecule has 1 saturated heterocycles. The molecule has 1 amide bonds. The van der Waals surface area contributed by atoms with Crippen molar-refractivity contribution in [1.29, 1.82) is 0 Å². The fourth-order valence-electron chi connectivity index (χ4n) is 2.94. The minimum atomic E-state index is -3.46. The molecule has 1 aromatic rings. The number of hydrogen-bond acceptors (Lipinski definition) is 4. The average Bonchev–Trinajstić information content (AvgIpc) is 2.62. The molecule has 0 radical (unpaired) electrons. The maximum atomic E-state index is 12.7. The minimum absolute atomic E-state index is 0. The molecule has 2 N–H and O–H groups in total. The van der Waals surface area contributed by atoms with Gasteiger partial charge in [-0.3, -0.25) is 4.79 Å². The molecule has 0 saturated carbocycles. The highest BCUT2D eigenvalue weighted by Crippen LogP contribution is 2.24. The van der Waals surface area contributed by atoms with Crippen molar-refractivity contribution in [2.24, 2.45) is 5.92 Å². The Kier molecular flexibility index (Phi) is 9.57. The molecule has 0 bridgehead atoms. The maximum absolute atomic E-state index is 12.7. The average molecular weight is 404 g/mol. The third-order valence-corrected chi connectivity index (χ3v) is 6.42. The number of halogens is 1. The van der Waals surface area contributed by atoms with E-state index in [1.807, 2.05) is 6.92 Å². The number of aryl methyl sites for hydroxylation is 1. The van der Waals surface area contributed by atoms with Crippen LogP contribution in [0.15, 0.2) is 29.2 Å². The van der Waals surface area contributed by atoms with Gasteiger partial charge in [0, 0.05) is 32.1 Å². The van der Waals surface area contributed by atoms with E-state index >= 15 is 0 Å². The summed E-state index contributed by atoms with van der Waals surface area (Å²) in [5, 5.41) is 6.17. The van der Waals surface area contributed by atoms with Gasteiger partial charge in [-0.25, -0.2) is 8.42 Å². The molecule has 1 aliphatic rings. The normalized spacial score (nSPS) is 16.1. The van der Waals surface area contributed by atoms with E-state index in [1.54, 1.807) is 24.3 Å². The van der Waals surface area contributed by atoms with Crippen molar-refractivity contribution in [2.45, 2.75) is 38.0 Å². The molecule has 0 unspecified atom stereocenters. The van der Waals surface area contributed by atoms with Crippen LogP contribution in [0.3, 0.4) is 0 Å². The van der Waals surface area contributed by atoms with E-state index in [2.05, 4.69) is 17.6 Å². The van der Waals surface area contributed by atoms with Crippen molar-refractivity contribution in [2.75, 3.05) is 32.7 Å². The summed E-state index contributed by atoms with van der Waals surface area (Å²) in [6.45, 7) is 7.14. The van der Waals surface area contributed by atoms with E-state index < -0.39 is 10.0 Å². The summed E-state index contributed by atoms with van der Waals surface area (Å²) in [6, 6.07) is 6.90. The standard InChI is InChI=1S/C18H29N3O3S.ClH/c1-3-10-19-11-12-20-18(22)16-8-13-21(14-9-16)25(23,24)17-6-4-15(2)5-7-17;/h4-7,16,19H,3,8-14H2,1-2H3,(H,20,22);1H. The van der Waals surface area contributed by atoms with Crippen LogP contribution in [0.2, 0.25) is 0 Å². The van der Waals surface area contributed by atoms with E-state index in [-0.39, 0.29) is 24.2 Å². The Morgan fingerprint density at radius 1 is 1.12 bits per heavy atom. The van der Waals surface area contributed by atoms with Gasteiger partial charge < -0.3 is 10.6 Å². The van der Waals surface area contributed by atoms with E-state index in [1.165, 1.54) is 4.31 Å². The van der Waals surface area contributed by atoms with Gasteiger partial charge in [0.1, 0.15) is 0 Å². The number of rotatable bonds is 8. The van der Waals surface area contributed by atoms with E-state index in [9.17, 15) is 13.2 Å². The highest BCUT2D eigenvalue weighted by molar-refractivity contribution is 7.89. The van der Waals surface area contributed by atoms with Crippen LogP contribution in [0.1, 0.15) is 31.7 Å². The number of hydrogen-bond donors (Lipinski definition) is 2. The molecule has 26 heavy (non-hydrogen) atoms. The van der Waals surface area contributed by atoms with Gasteiger partial charge in [-0.1, -0.05) is 24.6 Å². The lowest BCUT2D eigenvalue weighted by atomic mass is 9.97. The smallest absolute Gasteiger partial charge is 0.243 e. The number of nitrogens with one attached hydrogen (secondary N) is 2. The van der Waals surface area contributed by atoms with Crippen molar-refractivity contribution in [3.63, 3.8) is 0 Å². The van der Waals surface area contributed by atoms with Gasteiger partial charge in [0.05, 0.1) is 4.90 Å². The lowest BCUT2D eigenvalue weighted by molar-refractivity contribution is -0.126. The summed E-state index contributed by atoms with van der Waals surface area (Å²) in [7, 11) is -3.46. The lowest BCUT2D eigenvalue weighted by Crippen LogP contribution is -2.44. The Balaban J connectivity index is 0.00000338. The number of amides is 1. The Bertz CT molecular complexity index is 657. The molecule has 6 nitrogen and oxygen atoms in total. The Morgan fingerprint density at radius 3 is 2.31 bits per heavy atom. The SMILES string of the molecule is CCCNCCNC(=O)C1CCN(S(=O)(=O)c2ccc(C)cc2)CC1.Cl. The van der Waals surface area contributed by atoms with Gasteiger partial charge >= 0.3 is 0 Å². The number of carbonyl (C=O) groups is 1. The molecule has 1 heterocycles. The van der Waals surface area contributed by atoms with Crippen LogP contribution < -0.4 is 10.6 Å². The van der Waals surface area contributed by atoms with Gasteiger partial charge in [-0.2, -0.15) is 4.31 Å². The first-order valence-electron chi connectivity index (χ1n) is 9.00. The summed E-state index contributed by atoms with van der Waals surface area (Å²) in [5.41, 5.74) is 1.03. The Hall–Kier alpha value is -1.15. The lowest BCUT2D eigenvalue weighted by Gasteiger charge is -2.30. The number of nitrogens with zero attached hydrogens (tertiary/aromatic N) is 1. The number of sulfonamides is 1. The molecule has 1 fully saturated rings. The number of piperidine rings is 1. The summed E-state index contributed by atoms with van der Waals surface area (Å²) in [5.74, 6) is -0.0682. The molecule has 1 aliphatic heterocycles. The molecular weight excluding hydrogens is 374 g/mol. The second kappa shape index (κ2) is 10.9. The van der Waals surface area contributed by atoms with Crippen LogP contribution in [-0.4, -0.2) is 51.4 Å². The topological polar surface area (TPSA) is 78.5 Å². The third-order valence-electron chi connectivity index (χ3n) is 4.51. The highest BCUT2D eigenvalue weighted by Gasteiger charge is 2.31. The maximum Gasteiger partial charge on any atom is 0.243 e. The van der Waals surface area contributed by atoms with Crippen molar-refractivity contribution < 1.29 is 13.2 Å². The molecule has 1 aromatic carbocycles. The fourth-order valence-corrected chi connectivity index (χ4v) is 4.41. The molecule has 0 aromatic heterocycles. The van der Waals surface area contributed by atoms with Crippen molar-refractivity contribution in [1.82, 2.24) is 14.9 Å². The van der Waals surface area contributed by atoms with Gasteiger partial charge in [-0.15, -0.1) is 12.4 Å². The summed E-state index contributed by atoms with van der Waals surface area (Å²) >= 11 is 0. The molecule has 148 valence electrons. The van der Waals surface area contributed by atoms with Crippen LogP contribution in [0.4, 0.5) is 0 Å². The summed E-state index contributed by atoms with van der Waals surface area (Å²) < 4.78 is 26.8. The van der Waals surface area contributed by atoms with Crippen LogP contribution in [0.5, 0.6) is 0 Å². The summed E-state index contributed by atoms with van der Waals surface area (Å²) in [6.07, 6.45) is 2.21. The second-order valence-electron chi connectivity index (χ2n) is 6.53. The predicted molar refractivity (Wildman–Crippen MR) is 106 cm³/mol. The molecule has 2 rings (SSSR count). The van der Waals surface area contributed by atoms with Gasteiger partial charge in [0.25, 0.3) is 0 Å². The van der Waals surface area contributed by atoms with Crippen LogP contribution >= 0.6 is 12.4 Å². The van der Waals surface area contributed by atoms with Gasteiger partial charge in [-0.05, 0) is 44.9 Å². The quantitative estimate of drug-likeness (QED) is 0.650. The van der Waals surface area contributed by atoms with E-state index in [4.69, 9.17) is 0 Å². The summed E-state index contributed by atoms with van der Waals surface area (Å²) in [4.78, 5) is 12.5. The number of carbonyl (C=O) groups excluding carboxylic acids is 1. The first-order chi connectivity index (χ1) is 11.9. The zero-order valence-corrected chi connectivity index (χ0v) is 17.2. The monoisotopic (exact) mass is 403 g/mol. The first kappa shape index (κ1) is 22.9. The van der Waals surface area contributed by atoms with Crippen LogP contribution in [0, 0.1) is 12.8 Å². The minimum Gasteiger partial charge on any atom is -0.355 e. The number of benzene rings is 1. The molecule has 0 aliphatic carbocycles. The van der Waals surface area contributed by atoms with E-state index in [0.29, 0.717) is 37.4 Å². The van der Waals surface area contributed by atoms with E-state index in [0.717, 1.165) is 25.1 Å². The third kappa shape index (κ3) is 6.23.